The summed E-state index contributed by atoms with van der Waals surface area (Å²) in [5, 5.41) is 3.70. The van der Waals surface area contributed by atoms with Crippen LogP contribution in [0.5, 0.6) is 0 Å². The number of carbonyl (C=O) groups is 2. The van der Waals surface area contributed by atoms with Crippen LogP contribution in [0.3, 0.4) is 0 Å². The Labute approximate surface area is 172 Å². The Morgan fingerprint density at radius 2 is 1.96 bits per heavy atom. The van der Waals surface area contributed by atoms with E-state index in [1.54, 1.807) is 6.92 Å². The lowest BCUT2D eigenvalue weighted by atomic mass is 9.72. The smallest absolute Gasteiger partial charge is 0.227 e. The lowest BCUT2D eigenvalue weighted by molar-refractivity contribution is -0.140. The minimum Gasteiger partial charge on any atom is -0.355 e. The minimum absolute atomic E-state index is 0.0261. The van der Waals surface area contributed by atoms with E-state index < -0.39 is 0 Å². The molecule has 3 fully saturated rings. The van der Waals surface area contributed by atoms with E-state index in [-0.39, 0.29) is 11.8 Å². The number of hydrogen-bond donors (Lipinski definition) is 1. The predicted molar refractivity (Wildman–Crippen MR) is 110 cm³/mol. The molecule has 0 aliphatic carbocycles. The van der Waals surface area contributed by atoms with Crippen LogP contribution < -0.4 is 5.32 Å². The van der Waals surface area contributed by atoms with Crippen molar-refractivity contribution in [1.29, 1.82) is 0 Å². The average molecular weight is 404 g/mol. The van der Waals surface area contributed by atoms with Gasteiger partial charge in [0.25, 0.3) is 0 Å². The SMILES string of the molecule is CC(=O)NC[C@H]1[C@H]2C[C@H](CN(C(=O)Cc3ccccc3Cl)C2)[C@@H]2CCCCN21. The lowest BCUT2D eigenvalue weighted by Gasteiger charge is -2.56. The maximum Gasteiger partial charge on any atom is 0.227 e. The van der Waals surface area contributed by atoms with Gasteiger partial charge in [0.15, 0.2) is 0 Å². The van der Waals surface area contributed by atoms with Gasteiger partial charge in [0.05, 0.1) is 6.42 Å². The zero-order chi connectivity index (χ0) is 19.7. The van der Waals surface area contributed by atoms with E-state index in [4.69, 9.17) is 11.6 Å². The summed E-state index contributed by atoms with van der Waals surface area (Å²) in [4.78, 5) is 29.3. The van der Waals surface area contributed by atoms with E-state index in [0.29, 0.717) is 41.9 Å². The van der Waals surface area contributed by atoms with Crippen molar-refractivity contribution < 1.29 is 9.59 Å². The predicted octanol–water partition coefficient (Wildman–Crippen LogP) is 2.72. The molecule has 0 unspecified atom stereocenters. The van der Waals surface area contributed by atoms with Crippen LogP contribution in [0.15, 0.2) is 24.3 Å². The Morgan fingerprint density at radius 3 is 2.75 bits per heavy atom. The van der Waals surface area contributed by atoms with Crippen LogP contribution >= 0.6 is 11.6 Å². The fourth-order valence-electron chi connectivity index (χ4n) is 5.56. The summed E-state index contributed by atoms with van der Waals surface area (Å²) in [6.45, 7) is 5.03. The van der Waals surface area contributed by atoms with Crippen molar-refractivity contribution in [2.24, 2.45) is 11.8 Å². The van der Waals surface area contributed by atoms with E-state index >= 15 is 0 Å². The van der Waals surface area contributed by atoms with Gasteiger partial charge in [0.2, 0.25) is 11.8 Å². The molecule has 3 saturated heterocycles. The second-order valence-corrected chi connectivity index (χ2v) is 9.04. The van der Waals surface area contributed by atoms with Crippen LogP contribution in [0.2, 0.25) is 5.02 Å². The maximum absolute atomic E-state index is 13.1. The number of fused-ring (bicyclic) bond motifs is 4. The summed E-state index contributed by atoms with van der Waals surface area (Å²) in [6, 6.07) is 8.49. The molecule has 0 spiro atoms. The third kappa shape index (κ3) is 4.06. The molecule has 0 radical (unpaired) electrons. The molecule has 0 saturated carbocycles. The Hall–Kier alpha value is -1.59. The van der Waals surface area contributed by atoms with Gasteiger partial charge >= 0.3 is 0 Å². The number of piperidine rings is 3. The standard InChI is InChI=1S/C22H30ClN3O2/c1-15(27)24-12-21-18-10-17(20-8-4-5-9-26(20)21)13-25(14-18)22(28)11-16-6-2-3-7-19(16)23/h2-3,6-7,17-18,20-21H,4-5,8-14H2,1H3,(H,24,27)/t17-,18+,20+,21+/m1/s1. The molecule has 1 N–H and O–H groups in total. The second-order valence-electron chi connectivity index (χ2n) is 8.63. The van der Waals surface area contributed by atoms with Gasteiger partial charge in [0.1, 0.15) is 0 Å². The van der Waals surface area contributed by atoms with Crippen LogP contribution in [-0.2, 0) is 16.0 Å². The Morgan fingerprint density at radius 1 is 1.18 bits per heavy atom. The third-order valence-electron chi connectivity index (χ3n) is 6.83. The minimum atomic E-state index is 0.0261. The largest absolute Gasteiger partial charge is 0.355 e. The van der Waals surface area contributed by atoms with Gasteiger partial charge in [-0.2, -0.15) is 0 Å². The Bertz CT molecular complexity index is 740. The lowest BCUT2D eigenvalue weighted by Crippen LogP contribution is -2.66. The van der Waals surface area contributed by atoms with E-state index in [0.717, 1.165) is 25.2 Å². The molecule has 0 aromatic heterocycles. The Balaban J connectivity index is 1.50. The Kier molecular flexibility index (Phi) is 5.93. The number of nitrogens with zero attached hydrogens (tertiary/aromatic N) is 2. The van der Waals surface area contributed by atoms with Gasteiger partial charge < -0.3 is 10.2 Å². The monoisotopic (exact) mass is 403 g/mol. The zero-order valence-electron chi connectivity index (χ0n) is 16.6. The average Bonchev–Trinajstić information content (AvgIpc) is 2.69. The van der Waals surface area contributed by atoms with Crippen LogP contribution in [0.1, 0.15) is 38.2 Å². The van der Waals surface area contributed by atoms with Crippen molar-refractivity contribution in [3.8, 4) is 0 Å². The van der Waals surface area contributed by atoms with Gasteiger partial charge in [-0.15, -0.1) is 0 Å². The quantitative estimate of drug-likeness (QED) is 0.840. The molecule has 28 heavy (non-hydrogen) atoms. The van der Waals surface area contributed by atoms with E-state index in [1.807, 2.05) is 24.3 Å². The molecule has 4 rings (SSSR count). The molecule has 3 heterocycles. The zero-order valence-corrected chi connectivity index (χ0v) is 17.3. The third-order valence-corrected chi connectivity index (χ3v) is 7.20. The molecule has 3 aliphatic rings. The van der Waals surface area contributed by atoms with Gasteiger partial charge in [-0.25, -0.2) is 0 Å². The van der Waals surface area contributed by atoms with Gasteiger partial charge in [0, 0.05) is 43.7 Å². The number of benzene rings is 1. The summed E-state index contributed by atoms with van der Waals surface area (Å²) < 4.78 is 0. The highest BCUT2D eigenvalue weighted by atomic mass is 35.5. The highest BCUT2D eigenvalue weighted by Gasteiger charge is 2.47. The maximum atomic E-state index is 13.1. The number of amides is 2. The molecular formula is C22H30ClN3O2. The van der Waals surface area contributed by atoms with Gasteiger partial charge in [-0.1, -0.05) is 36.2 Å². The van der Waals surface area contributed by atoms with Crippen molar-refractivity contribution in [1.82, 2.24) is 15.1 Å². The van der Waals surface area contributed by atoms with Crippen LogP contribution in [0, 0.1) is 11.8 Å². The van der Waals surface area contributed by atoms with Crippen molar-refractivity contribution >= 4 is 23.4 Å². The molecule has 6 heteroatoms. The fourth-order valence-corrected chi connectivity index (χ4v) is 5.76. The number of likely N-dealkylation sites (tertiary alicyclic amines) is 1. The van der Waals surface area contributed by atoms with Crippen molar-refractivity contribution in [3.05, 3.63) is 34.9 Å². The molecule has 1 aromatic carbocycles. The van der Waals surface area contributed by atoms with Crippen LogP contribution in [-0.4, -0.2) is 59.9 Å². The number of rotatable bonds is 4. The summed E-state index contributed by atoms with van der Waals surface area (Å²) in [5.41, 5.74) is 0.902. The second kappa shape index (κ2) is 8.42. The molecule has 2 bridgehead atoms. The van der Waals surface area contributed by atoms with Crippen molar-refractivity contribution in [2.75, 3.05) is 26.2 Å². The van der Waals surface area contributed by atoms with Crippen molar-refractivity contribution in [2.45, 2.75) is 51.1 Å². The first-order chi connectivity index (χ1) is 13.5. The molecule has 1 aromatic rings. The van der Waals surface area contributed by atoms with Gasteiger partial charge in [-0.05, 0) is 49.3 Å². The molecule has 5 nitrogen and oxygen atoms in total. The van der Waals surface area contributed by atoms with E-state index in [1.165, 1.54) is 25.7 Å². The first kappa shape index (κ1) is 19.7. The number of carbonyl (C=O) groups excluding carboxylic acids is 2. The van der Waals surface area contributed by atoms with E-state index in [2.05, 4.69) is 15.1 Å². The topological polar surface area (TPSA) is 52.7 Å². The fraction of sp³-hybridized carbons (Fsp3) is 0.636. The first-order valence-electron chi connectivity index (χ1n) is 10.5. The number of halogens is 1. The summed E-state index contributed by atoms with van der Waals surface area (Å²) >= 11 is 6.27. The highest BCUT2D eigenvalue weighted by Crippen LogP contribution is 2.41. The summed E-state index contributed by atoms with van der Waals surface area (Å²) in [7, 11) is 0. The van der Waals surface area contributed by atoms with Gasteiger partial charge in [-0.3, -0.25) is 14.5 Å². The molecule has 2 amide bonds. The van der Waals surface area contributed by atoms with E-state index in [9.17, 15) is 9.59 Å². The normalized spacial score (nSPS) is 29.9. The van der Waals surface area contributed by atoms with Crippen LogP contribution in [0.4, 0.5) is 0 Å². The summed E-state index contributed by atoms with van der Waals surface area (Å²) in [6.07, 6.45) is 5.25. The van der Waals surface area contributed by atoms with Crippen molar-refractivity contribution in [3.63, 3.8) is 0 Å². The molecule has 152 valence electrons. The number of hydrogen-bond acceptors (Lipinski definition) is 3. The highest BCUT2D eigenvalue weighted by molar-refractivity contribution is 6.31. The van der Waals surface area contributed by atoms with Crippen LogP contribution in [0.25, 0.3) is 0 Å². The summed E-state index contributed by atoms with van der Waals surface area (Å²) in [5.74, 6) is 1.17. The first-order valence-corrected chi connectivity index (χ1v) is 10.9. The molecule has 3 aliphatic heterocycles. The molecular weight excluding hydrogens is 374 g/mol. The number of nitrogens with one attached hydrogen (secondary N) is 1. The molecule has 4 atom stereocenters.